The average molecular weight is 241 g/mol. The van der Waals surface area contributed by atoms with Crippen molar-refractivity contribution in [3.63, 3.8) is 0 Å². The number of carbonyl (C=O) groups excluding carboxylic acids is 1. The number of aromatic amines is 1. The summed E-state index contributed by atoms with van der Waals surface area (Å²) in [6.45, 7) is 2.00. The molecule has 6 heteroatoms. The molecular formula is C12H11N5O. The largest absolute Gasteiger partial charge is 0.327 e. The molecule has 6 nitrogen and oxygen atoms in total. The quantitative estimate of drug-likeness (QED) is 0.684. The molecule has 0 saturated heterocycles. The number of hydrogen-bond donors (Lipinski definition) is 2. The third-order valence-corrected chi connectivity index (χ3v) is 2.78. The predicted octanol–water partition coefficient (Wildman–Crippen LogP) is 1.60. The van der Waals surface area contributed by atoms with Crippen LogP contribution in [0.3, 0.4) is 0 Å². The number of carbonyl (C=O) groups is 1. The Balaban J connectivity index is 2.35. The Labute approximate surface area is 103 Å². The fourth-order valence-corrected chi connectivity index (χ4v) is 2.05. The Morgan fingerprint density at radius 1 is 1.44 bits per heavy atom. The van der Waals surface area contributed by atoms with E-state index in [2.05, 4.69) is 20.6 Å². The van der Waals surface area contributed by atoms with Crippen LogP contribution in [0.1, 0.15) is 5.56 Å². The van der Waals surface area contributed by atoms with E-state index in [1.165, 1.54) is 0 Å². The molecule has 0 saturated carbocycles. The van der Waals surface area contributed by atoms with Gasteiger partial charge in [0.05, 0.1) is 23.6 Å². The van der Waals surface area contributed by atoms with E-state index in [9.17, 15) is 4.79 Å². The number of hydrogen-bond acceptors (Lipinski definition) is 3. The summed E-state index contributed by atoms with van der Waals surface area (Å²) >= 11 is 0. The van der Waals surface area contributed by atoms with Gasteiger partial charge in [0.15, 0.2) is 0 Å². The van der Waals surface area contributed by atoms with Gasteiger partial charge < -0.3 is 5.32 Å². The Morgan fingerprint density at radius 2 is 2.33 bits per heavy atom. The van der Waals surface area contributed by atoms with E-state index in [-0.39, 0.29) is 0 Å². The molecule has 18 heavy (non-hydrogen) atoms. The molecule has 0 aliphatic heterocycles. The number of nitrogens with zero attached hydrogens (tertiary/aromatic N) is 3. The van der Waals surface area contributed by atoms with Crippen molar-refractivity contribution < 1.29 is 4.79 Å². The molecule has 3 aromatic heterocycles. The summed E-state index contributed by atoms with van der Waals surface area (Å²) in [6.07, 6.45) is 7.71. The van der Waals surface area contributed by atoms with Crippen molar-refractivity contribution in [2.45, 2.75) is 6.92 Å². The van der Waals surface area contributed by atoms with Gasteiger partial charge in [0, 0.05) is 23.5 Å². The van der Waals surface area contributed by atoms with Crippen LogP contribution >= 0.6 is 0 Å². The average Bonchev–Trinajstić information content (AvgIpc) is 2.97. The van der Waals surface area contributed by atoms with Crippen molar-refractivity contribution in [3.05, 3.63) is 36.4 Å². The van der Waals surface area contributed by atoms with Gasteiger partial charge in [-0.1, -0.05) is 0 Å². The van der Waals surface area contributed by atoms with Gasteiger partial charge in [-0.05, 0) is 18.6 Å². The normalized spacial score (nSPS) is 10.7. The van der Waals surface area contributed by atoms with E-state index < -0.39 is 0 Å². The topological polar surface area (TPSA) is 75.1 Å². The summed E-state index contributed by atoms with van der Waals surface area (Å²) in [4.78, 5) is 10.7. The lowest BCUT2D eigenvalue weighted by Crippen LogP contribution is -2.00. The highest BCUT2D eigenvalue weighted by molar-refractivity contribution is 5.93. The minimum Gasteiger partial charge on any atom is -0.327 e. The van der Waals surface area contributed by atoms with E-state index in [1.54, 1.807) is 23.1 Å². The lowest BCUT2D eigenvalue weighted by Gasteiger charge is -2.08. The van der Waals surface area contributed by atoms with Gasteiger partial charge in [0.2, 0.25) is 6.41 Å². The molecule has 0 spiro atoms. The van der Waals surface area contributed by atoms with Crippen molar-refractivity contribution in [3.8, 4) is 11.1 Å². The maximum atomic E-state index is 10.7. The molecule has 90 valence electrons. The molecule has 0 bridgehead atoms. The SMILES string of the molecule is Cc1cc2c(-c3cn[nH]c3)c(NC=O)cnn2c1. The maximum absolute atomic E-state index is 10.7. The number of aromatic nitrogens is 4. The first-order valence-electron chi connectivity index (χ1n) is 5.47. The molecule has 1 amide bonds. The third-order valence-electron chi connectivity index (χ3n) is 2.78. The molecule has 0 aliphatic carbocycles. The van der Waals surface area contributed by atoms with E-state index in [0.29, 0.717) is 12.1 Å². The molecular weight excluding hydrogens is 230 g/mol. The fourth-order valence-electron chi connectivity index (χ4n) is 2.05. The first-order chi connectivity index (χ1) is 8.79. The minimum atomic E-state index is 0.646. The molecule has 3 rings (SSSR count). The molecule has 0 aliphatic rings. The highest BCUT2D eigenvalue weighted by Gasteiger charge is 2.12. The number of amides is 1. The Bertz CT molecular complexity index is 699. The second-order valence-corrected chi connectivity index (χ2v) is 4.03. The zero-order chi connectivity index (χ0) is 12.5. The van der Waals surface area contributed by atoms with Gasteiger partial charge in [0.1, 0.15) is 0 Å². The summed E-state index contributed by atoms with van der Waals surface area (Å²) in [5, 5.41) is 13.6. The minimum absolute atomic E-state index is 0.646. The Morgan fingerprint density at radius 3 is 3.06 bits per heavy atom. The monoisotopic (exact) mass is 241 g/mol. The molecule has 0 unspecified atom stereocenters. The van der Waals surface area contributed by atoms with Crippen molar-refractivity contribution in [2.75, 3.05) is 5.32 Å². The van der Waals surface area contributed by atoms with E-state index >= 15 is 0 Å². The Hall–Kier alpha value is -2.63. The summed E-state index contributed by atoms with van der Waals surface area (Å²) in [7, 11) is 0. The van der Waals surface area contributed by atoms with Gasteiger partial charge >= 0.3 is 0 Å². The van der Waals surface area contributed by atoms with Crippen LogP contribution in [-0.2, 0) is 4.79 Å². The molecule has 0 atom stereocenters. The number of H-pyrrole nitrogens is 1. The first kappa shape index (κ1) is 10.5. The van der Waals surface area contributed by atoms with Gasteiger partial charge in [-0.3, -0.25) is 9.89 Å². The van der Waals surface area contributed by atoms with Gasteiger partial charge in [-0.15, -0.1) is 0 Å². The van der Waals surface area contributed by atoms with Gasteiger partial charge in [0.25, 0.3) is 0 Å². The summed E-state index contributed by atoms with van der Waals surface area (Å²) in [5.74, 6) is 0. The van der Waals surface area contributed by atoms with Crippen LogP contribution < -0.4 is 5.32 Å². The number of anilines is 1. The summed E-state index contributed by atoms with van der Waals surface area (Å²) in [5.41, 5.74) is 4.51. The lowest BCUT2D eigenvalue weighted by molar-refractivity contribution is -0.105. The molecule has 0 fully saturated rings. The van der Waals surface area contributed by atoms with Crippen LogP contribution in [0.2, 0.25) is 0 Å². The van der Waals surface area contributed by atoms with E-state index in [0.717, 1.165) is 22.2 Å². The third kappa shape index (κ3) is 1.55. The molecule has 3 heterocycles. The molecule has 0 aromatic carbocycles. The second kappa shape index (κ2) is 3.99. The van der Waals surface area contributed by atoms with Crippen LogP contribution in [0.4, 0.5) is 5.69 Å². The van der Waals surface area contributed by atoms with E-state index in [4.69, 9.17) is 0 Å². The van der Waals surface area contributed by atoms with Crippen LogP contribution in [0, 0.1) is 6.92 Å². The number of rotatable bonds is 3. The molecule has 3 aromatic rings. The van der Waals surface area contributed by atoms with Crippen LogP contribution in [0.5, 0.6) is 0 Å². The van der Waals surface area contributed by atoms with Gasteiger partial charge in [-0.25, -0.2) is 4.52 Å². The van der Waals surface area contributed by atoms with E-state index in [1.807, 2.05) is 19.2 Å². The summed E-state index contributed by atoms with van der Waals surface area (Å²) < 4.78 is 1.79. The zero-order valence-electron chi connectivity index (χ0n) is 9.71. The Kier molecular flexibility index (Phi) is 2.33. The highest BCUT2D eigenvalue weighted by atomic mass is 16.1. The highest BCUT2D eigenvalue weighted by Crippen LogP contribution is 2.31. The number of fused-ring (bicyclic) bond motifs is 1. The van der Waals surface area contributed by atoms with Crippen molar-refractivity contribution in [1.29, 1.82) is 0 Å². The lowest BCUT2D eigenvalue weighted by atomic mass is 10.1. The smallest absolute Gasteiger partial charge is 0.211 e. The maximum Gasteiger partial charge on any atom is 0.211 e. The summed E-state index contributed by atoms with van der Waals surface area (Å²) in [6, 6.07) is 2.02. The van der Waals surface area contributed by atoms with Crippen LogP contribution in [-0.4, -0.2) is 26.2 Å². The standard InChI is InChI=1S/C12H11N5O/c1-8-2-11-12(9-3-14-15-4-9)10(13-7-18)5-16-17(11)6-8/h2-7H,1H3,(H,13,18)(H,14,15). The van der Waals surface area contributed by atoms with Crippen molar-refractivity contribution in [2.24, 2.45) is 0 Å². The second-order valence-electron chi connectivity index (χ2n) is 4.03. The van der Waals surface area contributed by atoms with Gasteiger partial charge in [-0.2, -0.15) is 10.2 Å². The first-order valence-corrected chi connectivity index (χ1v) is 5.47. The number of nitrogens with one attached hydrogen (secondary N) is 2. The van der Waals surface area contributed by atoms with Crippen LogP contribution in [0.25, 0.3) is 16.6 Å². The fraction of sp³-hybridized carbons (Fsp3) is 0.0833. The molecule has 2 N–H and O–H groups in total. The zero-order valence-corrected chi connectivity index (χ0v) is 9.71. The predicted molar refractivity (Wildman–Crippen MR) is 67.2 cm³/mol. The van der Waals surface area contributed by atoms with Crippen molar-refractivity contribution >= 4 is 17.6 Å². The number of aryl methyl sites for hydroxylation is 1. The van der Waals surface area contributed by atoms with Crippen molar-refractivity contribution in [1.82, 2.24) is 19.8 Å². The van der Waals surface area contributed by atoms with Crippen LogP contribution in [0.15, 0.2) is 30.9 Å². The molecule has 0 radical (unpaired) electrons.